The number of aliphatic hydroxyl groups excluding tert-OH is 1. The highest BCUT2D eigenvalue weighted by Gasteiger charge is 2.37. The summed E-state index contributed by atoms with van der Waals surface area (Å²) in [6.07, 6.45) is 4.42. The van der Waals surface area contributed by atoms with Gasteiger partial charge in [0.2, 0.25) is 0 Å². The maximum Gasteiger partial charge on any atom is 0.0905 e. The SMILES string of the molecule is CC1CCC(O)(C(O)CCc2ccccc2)CC1. The Labute approximate surface area is 110 Å². The molecule has 1 atom stereocenters. The normalized spacial score (nSPS) is 30.1. The molecule has 2 heteroatoms. The zero-order valence-corrected chi connectivity index (χ0v) is 11.2. The number of rotatable bonds is 4. The van der Waals surface area contributed by atoms with Gasteiger partial charge in [0.05, 0.1) is 11.7 Å². The zero-order valence-electron chi connectivity index (χ0n) is 11.2. The van der Waals surface area contributed by atoms with E-state index < -0.39 is 11.7 Å². The standard InChI is InChI=1S/C16H24O2/c1-13-9-11-16(18,12-10-13)15(17)8-7-14-5-3-2-4-6-14/h2-6,13,15,17-18H,7-12H2,1H3. The fraction of sp³-hybridized carbons (Fsp3) is 0.625. The molecule has 2 rings (SSSR count). The molecule has 0 radical (unpaired) electrons. The van der Waals surface area contributed by atoms with E-state index in [2.05, 4.69) is 19.1 Å². The Morgan fingerprint density at radius 3 is 2.44 bits per heavy atom. The van der Waals surface area contributed by atoms with E-state index in [0.717, 1.165) is 32.1 Å². The van der Waals surface area contributed by atoms with Crippen LogP contribution in [0.4, 0.5) is 0 Å². The summed E-state index contributed by atoms with van der Waals surface area (Å²) in [6, 6.07) is 10.2. The van der Waals surface area contributed by atoms with Gasteiger partial charge in [-0.15, -0.1) is 0 Å². The summed E-state index contributed by atoms with van der Waals surface area (Å²) < 4.78 is 0. The smallest absolute Gasteiger partial charge is 0.0905 e. The van der Waals surface area contributed by atoms with Crippen molar-refractivity contribution < 1.29 is 10.2 Å². The van der Waals surface area contributed by atoms with Crippen molar-refractivity contribution >= 4 is 0 Å². The average Bonchev–Trinajstić information content (AvgIpc) is 2.41. The second-order valence-electron chi connectivity index (χ2n) is 5.83. The summed E-state index contributed by atoms with van der Waals surface area (Å²) in [5, 5.41) is 20.7. The number of benzene rings is 1. The topological polar surface area (TPSA) is 40.5 Å². The molecule has 0 heterocycles. The molecular formula is C16H24O2. The van der Waals surface area contributed by atoms with Crippen molar-refractivity contribution in [3.8, 4) is 0 Å². The Morgan fingerprint density at radius 1 is 1.22 bits per heavy atom. The quantitative estimate of drug-likeness (QED) is 0.860. The molecule has 1 aromatic carbocycles. The lowest BCUT2D eigenvalue weighted by Crippen LogP contribution is -2.45. The monoisotopic (exact) mass is 248 g/mol. The fourth-order valence-electron chi connectivity index (χ4n) is 2.81. The third-order valence-electron chi connectivity index (χ3n) is 4.31. The number of aliphatic hydroxyl groups is 2. The van der Waals surface area contributed by atoms with Crippen molar-refractivity contribution in [1.82, 2.24) is 0 Å². The minimum Gasteiger partial charge on any atom is -0.390 e. The van der Waals surface area contributed by atoms with Gasteiger partial charge in [-0.2, -0.15) is 0 Å². The van der Waals surface area contributed by atoms with Crippen LogP contribution in [-0.4, -0.2) is 21.9 Å². The van der Waals surface area contributed by atoms with Crippen LogP contribution in [0, 0.1) is 5.92 Å². The van der Waals surface area contributed by atoms with Crippen LogP contribution in [0.1, 0.15) is 44.6 Å². The Kier molecular flexibility index (Phi) is 4.41. The third kappa shape index (κ3) is 3.33. The van der Waals surface area contributed by atoms with Gasteiger partial charge in [0.1, 0.15) is 0 Å². The summed E-state index contributed by atoms with van der Waals surface area (Å²) in [7, 11) is 0. The Morgan fingerprint density at radius 2 is 1.83 bits per heavy atom. The molecule has 1 aliphatic rings. The van der Waals surface area contributed by atoms with Crippen molar-refractivity contribution in [2.24, 2.45) is 5.92 Å². The highest BCUT2D eigenvalue weighted by Crippen LogP contribution is 2.35. The third-order valence-corrected chi connectivity index (χ3v) is 4.31. The first-order valence-corrected chi connectivity index (χ1v) is 7.04. The van der Waals surface area contributed by atoms with E-state index in [1.54, 1.807) is 0 Å². The molecule has 0 bridgehead atoms. The first-order valence-electron chi connectivity index (χ1n) is 7.04. The van der Waals surface area contributed by atoms with Crippen LogP contribution in [0.25, 0.3) is 0 Å². The molecule has 100 valence electrons. The summed E-state index contributed by atoms with van der Waals surface area (Å²) >= 11 is 0. The van der Waals surface area contributed by atoms with E-state index in [1.165, 1.54) is 5.56 Å². The van der Waals surface area contributed by atoms with E-state index in [9.17, 15) is 10.2 Å². The molecule has 18 heavy (non-hydrogen) atoms. The molecule has 0 aliphatic heterocycles. The Bertz CT molecular complexity index is 353. The van der Waals surface area contributed by atoms with Crippen LogP contribution < -0.4 is 0 Å². The van der Waals surface area contributed by atoms with Gasteiger partial charge >= 0.3 is 0 Å². The minimum absolute atomic E-state index is 0.592. The van der Waals surface area contributed by atoms with Crippen LogP contribution >= 0.6 is 0 Å². The molecule has 0 amide bonds. The molecule has 1 aliphatic carbocycles. The molecule has 1 aromatic rings. The zero-order chi connectivity index (χ0) is 13.0. The summed E-state index contributed by atoms with van der Waals surface area (Å²) in [6.45, 7) is 2.22. The molecule has 1 saturated carbocycles. The molecule has 2 nitrogen and oxygen atoms in total. The highest BCUT2D eigenvalue weighted by molar-refractivity contribution is 5.15. The van der Waals surface area contributed by atoms with Gasteiger partial charge in [-0.05, 0) is 50.0 Å². The van der Waals surface area contributed by atoms with Gasteiger partial charge < -0.3 is 10.2 Å². The number of hydrogen-bond donors (Lipinski definition) is 2. The molecule has 2 N–H and O–H groups in total. The molecule has 0 aromatic heterocycles. The second-order valence-corrected chi connectivity index (χ2v) is 5.83. The Balaban J connectivity index is 1.86. The molecule has 1 unspecified atom stereocenters. The van der Waals surface area contributed by atoms with Gasteiger partial charge in [0.15, 0.2) is 0 Å². The van der Waals surface area contributed by atoms with E-state index in [0.29, 0.717) is 12.3 Å². The lowest BCUT2D eigenvalue weighted by Gasteiger charge is -2.38. The molecule has 1 fully saturated rings. The van der Waals surface area contributed by atoms with Crippen molar-refractivity contribution in [3.05, 3.63) is 35.9 Å². The van der Waals surface area contributed by atoms with Crippen LogP contribution in [0.5, 0.6) is 0 Å². The van der Waals surface area contributed by atoms with Gasteiger partial charge in [0, 0.05) is 0 Å². The van der Waals surface area contributed by atoms with Crippen LogP contribution in [0.15, 0.2) is 30.3 Å². The Hall–Kier alpha value is -0.860. The molecule has 0 saturated heterocycles. The van der Waals surface area contributed by atoms with Gasteiger partial charge in [-0.1, -0.05) is 37.3 Å². The predicted octanol–water partition coefficient (Wildman–Crippen LogP) is 2.92. The van der Waals surface area contributed by atoms with Crippen LogP contribution in [0.3, 0.4) is 0 Å². The minimum atomic E-state index is -0.846. The van der Waals surface area contributed by atoms with Crippen molar-refractivity contribution in [2.45, 2.75) is 57.2 Å². The molecular weight excluding hydrogens is 224 g/mol. The van der Waals surface area contributed by atoms with E-state index >= 15 is 0 Å². The predicted molar refractivity (Wildman–Crippen MR) is 73.4 cm³/mol. The van der Waals surface area contributed by atoms with Gasteiger partial charge in [-0.3, -0.25) is 0 Å². The van der Waals surface area contributed by atoms with Crippen LogP contribution in [0.2, 0.25) is 0 Å². The van der Waals surface area contributed by atoms with Gasteiger partial charge in [0.25, 0.3) is 0 Å². The van der Waals surface area contributed by atoms with Crippen molar-refractivity contribution in [2.75, 3.05) is 0 Å². The molecule has 0 spiro atoms. The van der Waals surface area contributed by atoms with E-state index in [1.807, 2.05) is 18.2 Å². The number of hydrogen-bond acceptors (Lipinski definition) is 2. The maximum atomic E-state index is 10.5. The van der Waals surface area contributed by atoms with E-state index in [4.69, 9.17) is 0 Å². The van der Waals surface area contributed by atoms with Crippen LogP contribution in [-0.2, 0) is 6.42 Å². The lowest BCUT2D eigenvalue weighted by molar-refractivity contribution is -0.105. The summed E-state index contributed by atoms with van der Waals surface area (Å²) in [4.78, 5) is 0. The highest BCUT2D eigenvalue weighted by atomic mass is 16.3. The maximum absolute atomic E-state index is 10.5. The average molecular weight is 248 g/mol. The van der Waals surface area contributed by atoms with Crippen molar-refractivity contribution in [3.63, 3.8) is 0 Å². The first-order chi connectivity index (χ1) is 8.60. The summed E-state index contributed by atoms with van der Waals surface area (Å²) in [5.74, 6) is 0.687. The first kappa shape index (κ1) is 13.6. The lowest BCUT2D eigenvalue weighted by atomic mass is 9.75. The van der Waals surface area contributed by atoms with Gasteiger partial charge in [-0.25, -0.2) is 0 Å². The van der Waals surface area contributed by atoms with Crippen molar-refractivity contribution in [1.29, 1.82) is 0 Å². The largest absolute Gasteiger partial charge is 0.390 e. The number of aryl methyl sites for hydroxylation is 1. The fourth-order valence-corrected chi connectivity index (χ4v) is 2.81. The second kappa shape index (κ2) is 5.85. The van der Waals surface area contributed by atoms with E-state index in [-0.39, 0.29) is 0 Å². The summed E-state index contributed by atoms with van der Waals surface area (Å²) in [5.41, 5.74) is 0.380.